The Morgan fingerprint density at radius 1 is 1.39 bits per heavy atom. The summed E-state index contributed by atoms with van der Waals surface area (Å²) in [6.07, 6.45) is 0.322. The number of hydrogen-bond donors (Lipinski definition) is 1. The Bertz CT molecular complexity index is 562. The maximum atomic E-state index is 11.6. The molecular formula is C18H27NO3S. The van der Waals surface area contributed by atoms with Crippen molar-refractivity contribution in [1.82, 2.24) is 4.72 Å². The van der Waals surface area contributed by atoms with Crippen LogP contribution in [0.4, 0.5) is 0 Å². The van der Waals surface area contributed by atoms with Crippen molar-refractivity contribution in [3.63, 3.8) is 0 Å². The lowest BCUT2D eigenvalue weighted by atomic mass is 9.85. The van der Waals surface area contributed by atoms with E-state index in [1.807, 2.05) is 13.0 Å². The van der Waals surface area contributed by atoms with Gasteiger partial charge in [0.1, 0.15) is 0 Å². The van der Waals surface area contributed by atoms with Crippen LogP contribution in [0.3, 0.4) is 0 Å². The van der Waals surface area contributed by atoms with E-state index in [0.717, 1.165) is 5.56 Å². The van der Waals surface area contributed by atoms with Gasteiger partial charge in [0.25, 0.3) is 0 Å². The standard InChI is InChI=1S/C18H27NO3S/c1-6-22-16(20)10-14-7-8-15(13(2)9-14)18(11-21-12-18)19-23-17(3,4)5/h7-9,19H,6,10-12H2,1-5H3. The van der Waals surface area contributed by atoms with E-state index in [1.54, 1.807) is 11.9 Å². The second-order valence-corrected chi connectivity index (χ2v) is 8.66. The smallest absolute Gasteiger partial charge is 0.310 e. The van der Waals surface area contributed by atoms with Gasteiger partial charge in [-0.1, -0.05) is 30.1 Å². The Labute approximate surface area is 143 Å². The fourth-order valence-electron chi connectivity index (χ4n) is 2.58. The van der Waals surface area contributed by atoms with Crippen LogP contribution in [0.2, 0.25) is 0 Å². The first-order valence-electron chi connectivity index (χ1n) is 8.04. The Morgan fingerprint density at radius 2 is 2.09 bits per heavy atom. The van der Waals surface area contributed by atoms with Crippen molar-refractivity contribution in [3.05, 3.63) is 34.9 Å². The molecule has 1 heterocycles. The Morgan fingerprint density at radius 3 is 2.57 bits per heavy atom. The average Bonchev–Trinajstić information content (AvgIpc) is 2.38. The molecular weight excluding hydrogens is 310 g/mol. The first-order valence-corrected chi connectivity index (χ1v) is 8.86. The maximum absolute atomic E-state index is 11.6. The van der Waals surface area contributed by atoms with Crippen molar-refractivity contribution < 1.29 is 14.3 Å². The highest BCUT2D eigenvalue weighted by Gasteiger charge is 2.42. The lowest BCUT2D eigenvalue weighted by Gasteiger charge is -2.44. The van der Waals surface area contributed by atoms with E-state index >= 15 is 0 Å². The number of nitrogens with one attached hydrogen (secondary N) is 1. The number of benzene rings is 1. The summed E-state index contributed by atoms with van der Waals surface area (Å²) in [7, 11) is 0. The molecule has 0 unspecified atom stereocenters. The molecule has 2 rings (SSSR count). The summed E-state index contributed by atoms with van der Waals surface area (Å²) in [5.74, 6) is -0.178. The molecule has 0 saturated carbocycles. The Kier molecular flexibility index (Phi) is 5.76. The highest BCUT2D eigenvalue weighted by atomic mass is 32.2. The van der Waals surface area contributed by atoms with Gasteiger partial charge in [-0.25, -0.2) is 4.72 Å². The minimum Gasteiger partial charge on any atom is -0.466 e. The molecule has 0 spiro atoms. The predicted octanol–water partition coefficient (Wildman–Crippen LogP) is 3.36. The molecule has 1 aromatic carbocycles. The molecule has 1 aliphatic rings. The van der Waals surface area contributed by atoms with E-state index in [9.17, 15) is 4.79 Å². The average molecular weight is 337 g/mol. The van der Waals surface area contributed by atoms with Gasteiger partial charge in [-0.2, -0.15) is 0 Å². The van der Waals surface area contributed by atoms with Gasteiger partial charge >= 0.3 is 5.97 Å². The number of ether oxygens (including phenoxy) is 2. The lowest BCUT2D eigenvalue weighted by Crippen LogP contribution is -2.56. The third-order valence-electron chi connectivity index (χ3n) is 3.71. The van der Waals surface area contributed by atoms with Crippen LogP contribution in [-0.4, -0.2) is 30.5 Å². The molecule has 1 saturated heterocycles. The van der Waals surface area contributed by atoms with Gasteiger partial charge in [0.15, 0.2) is 0 Å². The number of hydrogen-bond acceptors (Lipinski definition) is 5. The van der Waals surface area contributed by atoms with E-state index in [2.05, 4.69) is 44.5 Å². The van der Waals surface area contributed by atoms with Crippen molar-refractivity contribution in [3.8, 4) is 0 Å². The molecule has 0 amide bonds. The third kappa shape index (κ3) is 4.72. The first-order chi connectivity index (χ1) is 10.8. The summed E-state index contributed by atoms with van der Waals surface area (Å²) >= 11 is 1.74. The van der Waals surface area contributed by atoms with E-state index in [-0.39, 0.29) is 16.3 Å². The Hall–Kier alpha value is -1.04. The zero-order valence-electron chi connectivity index (χ0n) is 14.7. The number of carbonyl (C=O) groups is 1. The molecule has 0 atom stereocenters. The van der Waals surface area contributed by atoms with Gasteiger partial charge in [-0.15, -0.1) is 0 Å². The van der Waals surface area contributed by atoms with Crippen LogP contribution in [0.1, 0.15) is 44.4 Å². The topological polar surface area (TPSA) is 47.6 Å². The molecule has 1 N–H and O–H groups in total. The van der Waals surface area contributed by atoms with Crippen molar-refractivity contribution in [2.45, 2.75) is 51.3 Å². The number of esters is 1. The van der Waals surface area contributed by atoms with Gasteiger partial charge in [-0.3, -0.25) is 4.79 Å². The second kappa shape index (κ2) is 7.24. The van der Waals surface area contributed by atoms with Gasteiger partial charge in [0.05, 0.1) is 31.8 Å². The summed E-state index contributed by atoms with van der Waals surface area (Å²) in [6, 6.07) is 6.21. The molecule has 1 aliphatic heterocycles. The van der Waals surface area contributed by atoms with Crippen LogP contribution in [0.25, 0.3) is 0 Å². The normalized spacial score (nSPS) is 16.7. The Balaban J connectivity index is 2.14. The highest BCUT2D eigenvalue weighted by molar-refractivity contribution is 7.98. The number of rotatable bonds is 6. The van der Waals surface area contributed by atoms with Crippen LogP contribution in [0, 0.1) is 6.92 Å². The molecule has 0 aliphatic carbocycles. The molecule has 23 heavy (non-hydrogen) atoms. The maximum Gasteiger partial charge on any atom is 0.310 e. The largest absolute Gasteiger partial charge is 0.466 e. The molecule has 0 bridgehead atoms. The highest BCUT2D eigenvalue weighted by Crippen LogP contribution is 2.36. The third-order valence-corrected chi connectivity index (χ3v) is 4.81. The quantitative estimate of drug-likeness (QED) is 0.637. The van der Waals surface area contributed by atoms with E-state index in [4.69, 9.17) is 9.47 Å². The summed E-state index contributed by atoms with van der Waals surface area (Å²) in [5.41, 5.74) is 3.28. The lowest BCUT2D eigenvalue weighted by molar-refractivity contribution is -0.142. The zero-order chi connectivity index (χ0) is 17.1. The first kappa shape index (κ1) is 18.3. The van der Waals surface area contributed by atoms with Crippen molar-refractivity contribution in [2.24, 2.45) is 0 Å². The van der Waals surface area contributed by atoms with E-state index in [0.29, 0.717) is 26.2 Å². The second-order valence-electron chi connectivity index (χ2n) is 7.02. The summed E-state index contributed by atoms with van der Waals surface area (Å²) in [4.78, 5) is 11.6. The monoisotopic (exact) mass is 337 g/mol. The van der Waals surface area contributed by atoms with Crippen LogP contribution < -0.4 is 4.72 Å². The summed E-state index contributed by atoms with van der Waals surface area (Å²) in [5, 5.41) is 0. The van der Waals surface area contributed by atoms with Crippen LogP contribution in [0.5, 0.6) is 0 Å². The van der Waals surface area contributed by atoms with Crippen molar-refractivity contribution in [2.75, 3.05) is 19.8 Å². The van der Waals surface area contributed by atoms with Crippen molar-refractivity contribution >= 4 is 17.9 Å². The molecule has 5 heteroatoms. The summed E-state index contributed by atoms with van der Waals surface area (Å²) < 4.78 is 14.3. The van der Waals surface area contributed by atoms with E-state index in [1.165, 1.54) is 11.1 Å². The summed E-state index contributed by atoms with van der Waals surface area (Å²) in [6.45, 7) is 12.2. The minimum absolute atomic E-state index is 0.134. The SMILES string of the molecule is CCOC(=O)Cc1ccc(C2(NSC(C)(C)C)COC2)c(C)c1. The minimum atomic E-state index is -0.178. The van der Waals surface area contributed by atoms with E-state index < -0.39 is 0 Å². The molecule has 4 nitrogen and oxygen atoms in total. The molecule has 0 aromatic heterocycles. The fraction of sp³-hybridized carbons (Fsp3) is 0.611. The van der Waals surface area contributed by atoms with Gasteiger partial charge in [-0.05, 0) is 51.3 Å². The molecule has 1 fully saturated rings. The van der Waals surface area contributed by atoms with Crippen LogP contribution in [-0.2, 0) is 26.2 Å². The van der Waals surface area contributed by atoms with Crippen molar-refractivity contribution in [1.29, 1.82) is 0 Å². The molecule has 128 valence electrons. The van der Waals surface area contributed by atoms with Gasteiger partial charge in [0.2, 0.25) is 0 Å². The molecule has 0 radical (unpaired) electrons. The predicted molar refractivity (Wildman–Crippen MR) is 94.5 cm³/mol. The number of aryl methyl sites for hydroxylation is 1. The van der Waals surface area contributed by atoms with Gasteiger partial charge in [0, 0.05) is 4.75 Å². The van der Waals surface area contributed by atoms with Gasteiger partial charge < -0.3 is 9.47 Å². The number of carbonyl (C=O) groups excluding carboxylic acids is 1. The fourth-order valence-corrected chi connectivity index (χ4v) is 3.31. The van der Waals surface area contributed by atoms with Crippen LogP contribution >= 0.6 is 11.9 Å². The van der Waals surface area contributed by atoms with Crippen LogP contribution in [0.15, 0.2) is 18.2 Å². The zero-order valence-corrected chi connectivity index (χ0v) is 15.5. The molecule has 1 aromatic rings.